The average molecular weight is 214 g/mol. The molecule has 2 atom stereocenters. The van der Waals surface area contributed by atoms with Gasteiger partial charge in [-0.25, -0.2) is 0 Å². The SMILES string of the molecule is CC1CCN(C(=O)CCCCN)CC1O. The first kappa shape index (κ1) is 12.5. The van der Waals surface area contributed by atoms with Crippen LogP contribution in [0.4, 0.5) is 0 Å². The van der Waals surface area contributed by atoms with Gasteiger partial charge in [0.05, 0.1) is 6.10 Å². The first-order valence-corrected chi connectivity index (χ1v) is 5.81. The molecule has 15 heavy (non-hydrogen) atoms. The third-order valence-corrected chi connectivity index (χ3v) is 3.12. The molecule has 1 aliphatic rings. The molecule has 3 N–H and O–H groups in total. The van der Waals surface area contributed by atoms with Crippen molar-refractivity contribution < 1.29 is 9.90 Å². The maximum absolute atomic E-state index is 11.7. The van der Waals surface area contributed by atoms with Crippen molar-refractivity contribution in [3.8, 4) is 0 Å². The molecule has 2 unspecified atom stereocenters. The van der Waals surface area contributed by atoms with Crippen LogP contribution in [0, 0.1) is 5.92 Å². The van der Waals surface area contributed by atoms with Crippen molar-refractivity contribution in [1.82, 2.24) is 4.90 Å². The van der Waals surface area contributed by atoms with Gasteiger partial charge in [0, 0.05) is 19.5 Å². The summed E-state index contributed by atoms with van der Waals surface area (Å²) in [5.41, 5.74) is 5.37. The predicted octanol–water partition coefficient (Wildman–Crippen LogP) is 0.345. The fourth-order valence-corrected chi connectivity index (χ4v) is 1.85. The van der Waals surface area contributed by atoms with Gasteiger partial charge in [-0.3, -0.25) is 4.79 Å². The van der Waals surface area contributed by atoms with E-state index in [0.717, 1.165) is 25.8 Å². The number of amides is 1. The van der Waals surface area contributed by atoms with E-state index >= 15 is 0 Å². The standard InChI is InChI=1S/C11H22N2O2/c1-9-5-7-13(8-10(9)14)11(15)4-2-3-6-12/h9-10,14H,2-8,12H2,1H3. The Balaban J connectivity index is 2.28. The second-order valence-corrected chi connectivity index (χ2v) is 4.42. The Kier molecular flexibility index (Phi) is 5.05. The number of unbranched alkanes of at least 4 members (excludes halogenated alkanes) is 1. The topological polar surface area (TPSA) is 66.6 Å². The smallest absolute Gasteiger partial charge is 0.222 e. The number of hydrogen-bond acceptors (Lipinski definition) is 3. The lowest BCUT2D eigenvalue weighted by Crippen LogP contribution is -2.45. The number of rotatable bonds is 4. The molecule has 0 saturated carbocycles. The summed E-state index contributed by atoms with van der Waals surface area (Å²) >= 11 is 0. The molecule has 1 fully saturated rings. The van der Waals surface area contributed by atoms with Gasteiger partial charge in [0.25, 0.3) is 0 Å². The van der Waals surface area contributed by atoms with Crippen molar-refractivity contribution in [3.63, 3.8) is 0 Å². The van der Waals surface area contributed by atoms with Crippen LogP contribution in [0.25, 0.3) is 0 Å². The summed E-state index contributed by atoms with van der Waals surface area (Å²) in [7, 11) is 0. The van der Waals surface area contributed by atoms with Crippen molar-refractivity contribution in [2.24, 2.45) is 11.7 Å². The molecule has 0 aliphatic carbocycles. The Bertz CT molecular complexity index is 209. The van der Waals surface area contributed by atoms with Crippen LogP contribution in [0.3, 0.4) is 0 Å². The second kappa shape index (κ2) is 6.08. The number of carbonyl (C=O) groups excluding carboxylic acids is 1. The van der Waals surface area contributed by atoms with Gasteiger partial charge in [-0.15, -0.1) is 0 Å². The molecular formula is C11H22N2O2. The van der Waals surface area contributed by atoms with Crippen LogP contribution >= 0.6 is 0 Å². The third-order valence-electron chi connectivity index (χ3n) is 3.12. The Labute approximate surface area is 91.4 Å². The summed E-state index contributed by atoms with van der Waals surface area (Å²) in [5, 5.41) is 9.65. The van der Waals surface area contributed by atoms with E-state index in [-0.39, 0.29) is 12.0 Å². The zero-order valence-electron chi connectivity index (χ0n) is 9.48. The fourth-order valence-electron chi connectivity index (χ4n) is 1.85. The van der Waals surface area contributed by atoms with Crippen molar-refractivity contribution in [1.29, 1.82) is 0 Å². The van der Waals surface area contributed by atoms with E-state index in [1.165, 1.54) is 0 Å². The van der Waals surface area contributed by atoms with Crippen LogP contribution in [0.2, 0.25) is 0 Å². The number of nitrogens with two attached hydrogens (primary N) is 1. The summed E-state index contributed by atoms with van der Waals surface area (Å²) in [6.07, 6.45) is 2.88. The molecule has 0 aromatic carbocycles. The van der Waals surface area contributed by atoms with Crippen molar-refractivity contribution in [2.75, 3.05) is 19.6 Å². The van der Waals surface area contributed by atoms with Gasteiger partial charge in [-0.2, -0.15) is 0 Å². The van der Waals surface area contributed by atoms with E-state index in [4.69, 9.17) is 5.73 Å². The highest BCUT2D eigenvalue weighted by molar-refractivity contribution is 5.76. The van der Waals surface area contributed by atoms with Crippen LogP contribution in [0.1, 0.15) is 32.6 Å². The van der Waals surface area contributed by atoms with E-state index < -0.39 is 0 Å². The van der Waals surface area contributed by atoms with Crippen LogP contribution in [0.15, 0.2) is 0 Å². The first-order valence-electron chi connectivity index (χ1n) is 5.81. The Morgan fingerprint density at radius 3 is 2.87 bits per heavy atom. The summed E-state index contributed by atoms with van der Waals surface area (Å²) in [6.45, 7) is 3.97. The average Bonchev–Trinajstić information content (AvgIpc) is 2.22. The summed E-state index contributed by atoms with van der Waals surface area (Å²) in [6, 6.07) is 0. The first-order chi connectivity index (χ1) is 7.15. The highest BCUT2D eigenvalue weighted by atomic mass is 16.3. The zero-order chi connectivity index (χ0) is 11.3. The quantitative estimate of drug-likeness (QED) is 0.663. The number of carbonyl (C=O) groups is 1. The molecule has 0 radical (unpaired) electrons. The number of aliphatic hydroxyl groups is 1. The summed E-state index contributed by atoms with van der Waals surface area (Å²) < 4.78 is 0. The Morgan fingerprint density at radius 1 is 1.53 bits per heavy atom. The minimum absolute atomic E-state index is 0.161. The largest absolute Gasteiger partial charge is 0.391 e. The van der Waals surface area contributed by atoms with Gasteiger partial charge in [0.15, 0.2) is 0 Å². The van der Waals surface area contributed by atoms with Gasteiger partial charge in [0.1, 0.15) is 0 Å². The van der Waals surface area contributed by atoms with Gasteiger partial charge in [0.2, 0.25) is 5.91 Å². The number of likely N-dealkylation sites (tertiary alicyclic amines) is 1. The molecule has 0 spiro atoms. The molecular weight excluding hydrogens is 192 g/mol. The van der Waals surface area contributed by atoms with E-state index in [1.54, 1.807) is 4.90 Å². The highest BCUT2D eigenvalue weighted by Gasteiger charge is 2.26. The molecule has 0 aromatic rings. The summed E-state index contributed by atoms with van der Waals surface area (Å²) in [4.78, 5) is 13.5. The lowest BCUT2D eigenvalue weighted by molar-refractivity contribution is -0.135. The van der Waals surface area contributed by atoms with Crippen LogP contribution < -0.4 is 5.73 Å². The lowest BCUT2D eigenvalue weighted by atomic mass is 9.96. The summed E-state index contributed by atoms with van der Waals surface area (Å²) in [5.74, 6) is 0.479. The fraction of sp³-hybridized carbons (Fsp3) is 0.909. The minimum Gasteiger partial charge on any atom is -0.391 e. The molecule has 0 aromatic heterocycles. The third kappa shape index (κ3) is 3.80. The second-order valence-electron chi connectivity index (χ2n) is 4.42. The van der Waals surface area contributed by atoms with Crippen molar-refractivity contribution >= 4 is 5.91 Å². The molecule has 1 rings (SSSR count). The Hall–Kier alpha value is -0.610. The number of piperidine rings is 1. The van der Waals surface area contributed by atoms with Gasteiger partial charge in [-0.05, 0) is 31.7 Å². The van der Waals surface area contributed by atoms with E-state index in [9.17, 15) is 9.90 Å². The zero-order valence-corrected chi connectivity index (χ0v) is 9.48. The number of β-amino-alcohol motifs (C(OH)–C–C–N with tert-alkyl or cyclic N) is 1. The molecule has 1 heterocycles. The molecule has 1 amide bonds. The van der Waals surface area contributed by atoms with Crippen molar-refractivity contribution in [2.45, 2.75) is 38.7 Å². The monoisotopic (exact) mass is 214 g/mol. The molecule has 88 valence electrons. The normalized spacial score (nSPS) is 26.7. The number of nitrogens with zero attached hydrogens (tertiary/aromatic N) is 1. The van der Waals surface area contributed by atoms with Crippen LogP contribution in [0.5, 0.6) is 0 Å². The van der Waals surface area contributed by atoms with Gasteiger partial charge >= 0.3 is 0 Å². The number of hydrogen-bond donors (Lipinski definition) is 2. The van der Waals surface area contributed by atoms with Crippen molar-refractivity contribution in [3.05, 3.63) is 0 Å². The Morgan fingerprint density at radius 2 is 2.27 bits per heavy atom. The van der Waals surface area contributed by atoms with Crippen LogP contribution in [-0.4, -0.2) is 41.7 Å². The maximum Gasteiger partial charge on any atom is 0.222 e. The van der Waals surface area contributed by atoms with Crippen LogP contribution in [-0.2, 0) is 4.79 Å². The highest BCUT2D eigenvalue weighted by Crippen LogP contribution is 2.17. The molecule has 0 bridgehead atoms. The predicted molar refractivity (Wildman–Crippen MR) is 59.3 cm³/mol. The lowest BCUT2D eigenvalue weighted by Gasteiger charge is -2.34. The van der Waals surface area contributed by atoms with Gasteiger partial charge in [-0.1, -0.05) is 6.92 Å². The minimum atomic E-state index is -0.350. The van der Waals surface area contributed by atoms with E-state index in [2.05, 4.69) is 0 Å². The molecule has 1 aliphatic heterocycles. The number of aliphatic hydroxyl groups excluding tert-OH is 1. The van der Waals surface area contributed by atoms with E-state index in [1.807, 2.05) is 6.92 Å². The maximum atomic E-state index is 11.7. The molecule has 1 saturated heterocycles. The van der Waals surface area contributed by atoms with E-state index in [0.29, 0.717) is 25.4 Å². The molecule has 4 nitrogen and oxygen atoms in total. The van der Waals surface area contributed by atoms with Gasteiger partial charge < -0.3 is 15.7 Å². The molecule has 4 heteroatoms.